The highest BCUT2D eigenvalue weighted by atomic mass is 19.4. The Morgan fingerprint density at radius 2 is 1.68 bits per heavy atom. The van der Waals surface area contributed by atoms with Crippen LogP contribution in [0.1, 0.15) is 90.6 Å². The van der Waals surface area contributed by atoms with Crippen molar-refractivity contribution in [1.29, 1.82) is 0 Å². The summed E-state index contributed by atoms with van der Waals surface area (Å²) in [6, 6.07) is 1.58. The van der Waals surface area contributed by atoms with Crippen molar-refractivity contribution in [3.8, 4) is 0 Å². The van der Waals surface area contributed by atoms with Gasteiger partial charge in [-0.15, -0.1) is 0 Å². The first-order chi connectivity index (χ1) is 20.8. The maximum Gasteiger partial charge on any atom is 0.389 e. The Balaban J connectivity index is 1.39. The Morgan fingerprint density at radius 3 is 2.34 bits per heavy atom. The highest BCUT2D eigenvalue weighted by Crippen LogP contribution is 2.43. The molecule has 0 saturated heterocycles. The van der Waals surface area contributed by atoms with Crippen LogP contribution in [-0.4, -0.2) is 49.9 Å². The molecule has 2 fully saturated rings. The predicted molar refractivity (Wildman–Crippen MR) is 143 cm³/mol. The van der Waals surface area contributed by atoms with Crippen molar-refractivity contribution in [2.24, 2.45) is 11.8 Å². The quantitative estimate of drug-likeness (QED) is 0.249. The first kappa shape index (κ1) is 31.6. The molecule has 0 spiro atoms. The Bertz CT molecular complexity index is 1480. The van der Waals surface area contributed by atoms with Crippen molar-refractivity contribution >= 4 is 17.5 Å². The van der Waals surface area contributed by atoms with Gasteiger partial charge in [0.1, 0.15) is 0 Å². The van der Waals surface area contributed by atoms with E-state index in [1.807, 2.05) is 0 Å². The molecule has 0 aromatic carbocycles. The number of nitrogens with zero attached hydrogens (tertiary/aromatic N) is 4. The summed E-state index contributed by atoms with van der Waals surface area (Å²) in [6.45, 7) is 0. The number of imidazole rings is 1. The third-order valence-corrected chi connectivity index (χ3v) is 8.05. The maximum atomic E-state index is 14.0. The van der Waals surface area contributed by atoms with Gasteiger partial charge in [0.15, 0.2) is 5.65 Å². The van der Waals surface area contributed by atoms with Gasteiger partial charge in [0.05, 0.1) is 42.2 Å². The predicted octanol–water partition coefficient (Wildman–Crippen LogP) is 6.14. The van der Waals surface area contributed by atoms with Crippen LogP contribution in [0.25, 0.3) is 5.65 Å². The number of carbonyl (C=O) groups is 2. The standard InChI is InChI=1S/C29H31F7N6O2/c30-22(31)10-16-9-20(13-37-12-16)27(44)41-26(18-3-6-28(32,33)7-4-18)21-15-42-23(39-21)11-19(14-38-42)25(17-1-2-17)40-24(43)5-8-29(34,35)36/h9,11-15,17-18,22,25-26H,1-8,10H2,(H,40,43)(H,41,44)/t25?,26-/m0/s1. The summed E-state index contributed by atoms with van der Waals surface area (Å²) in [4.78, 5) is 34.0. The van der Waals surface area contributed by atoms with Crippen LogP contribution in [0.15, 0.2) is 36.9 Å². The van der Waals surface area contributed by atoms with E-state index in [1.54, 1.807) is 12.3 Å². The molecule has 2 N–H and O–H groups in total. The molecule has 0 bridgehead atoms. The zero-order chi connectivity index (χ0) is 31.6. The van der Waals surface area contributed by atoms with Crippen LogP contribution in [0, 0.1) is 11.8 Å². The molecule has 44 heavy (non-hydrogen) atoms. The maximum absolute atomic E-state index is 14.0. The van der Waals surface area contributed by atoms with Crippen LogP contribution < -0.4 is 10.6 Å². The van der Waals surface area contributed by atoms with E-state index in [2.05, 4.69) is 25.7 Å². The second kappa shape index (κ2) is 12.7. The first-order valence-corrected chi connectivity index (χ1v) is 14.4. The second-order valence-electron chi connectivity index (χ2n) is 11.6. The smallest absolute Gasteiger partial charge is 0.349 e. The van der Waals surface area contributed by atoms with Crippen molar-refractivity contribution in [3.63, 3.8) is 0 Å². The fraction of sp³-hybridized carbons (Fsp3) is 0.552. The number of fused-ring (bicyclic) bond motifs is 1. The molecule has 2 aliphatic rings. The van der Waals surface area contributed by atoms with Crippen LogP contribution in [0.4, 0.5) is 30.7 Å². The van der Waals surface area contributed by atoms with E-state index in [-0.39, 0.29) is 42.7 Å². The van der Waals surface area contributed by atoms with Gasteiger partial charge in [-0.1, -0.05) is 0 Å². The van der Waals surface area contributed by atoms with E-state index in [0.717, 1.165) is 12.8 Å². The molecule has 0 radical (unpaired) electrons. The molecule has 2 amide bonds. The molecule has 15 heteroatoms. The molecule has 2 atom stereocenters. The van der Waals surface area contributed by atoms with Gasteiger partial charge in [-0.3, -0.25) is 14.6 Å². The number of hydrogen-bond acceptors (Lipinski definition) is 5. The summed E-state index contributed by atoms with van der Waals surface area (Å²) >= 11 is 0. The first-order valence-electron chi connectivity index (χ1n) is 14.4. The average molecular weight is 629 g/mol. The van der Waals surface area contributed by atoms with E-state index in [0.29, 0.717) is 16.9 Å². The molecule has 8 nitrogen and oxygen atoms in total. The van der Waals surface area contributed by atoms with E-state index in [1.165, 1.54) is 29.2 Å². The Hall–Kier alpha value is -3.78. The van der Waals surface area contributed by atoms with Crippen LogP contribution in [0.5, 0.6) is 0 Å². The van der Waals surface area contributed by atoms with Crippen LogP contribution in [0.3, 0.4) is 0 Å². The lowest BCUT2D eigenvalue weighted by Gasteiger charge is -2.33. The minimum Gasteiger partial charge on any atom is -0.349 e. The van der Waals surface area contributed by atoms with Crippen LogP contribution in [0.2, 0.25) is 0 Å². The third-order valence-electron chi connectivity index (χ3n) is 8.05. The average Bonchev–Trinajstić information content (AvgIpc) is 3.71. The molecule has 238 valence electrons. The molecule has 5 rings (SSSR count). The molecular formula is C29H31F7N6O2. The fourth-order valence-corrected chi connectivity index (χ4v) is 5.59. The normalized spacial score (nSPS) is 18.7. The van der Waals surface area contributed by atoms with E-state index in [4.69, 9.17) is 0 Å². The Labute approximate surface area is 247 Å². The number of aromatic nitrogens is 4. The fourth-order valence-electron chi connectivity index (χ4n) is 5.59. The van der Waals surface area contributed by atoms with E-state index < -0.39 is 67.6 Å². The lowest BCUT2D eigenvalue weighted by molar-refractivity contribution is -0.144. The Morgan fingerprint density at radius 1 is 0.977 bits per heavy atom. The highest BCUT2D eigenvalue weighted by molar-refractivity contribution is 5.94. The van der Waals surface area contributed by atoms with E-state index in [9.17, 15) is 40.3 Å². The Kier molecular flexibility index (Phi) is 9.12. The second-order valence-corrected chi connectivity index (χ2v) is 11.6. The summed E-state index contributed by atoms with van der Waals surface area (Å²) in [5.74, 6) is -4.55. The van der Waals surface area contributed by atoms with Crippen molar-refractivity contribution in [3.05, 3.63) is 59.3 Å². The number of halogens is 7. The van der Waals surface area contributed by atoms with Gasteiger partial charge >= 0.3 is 6.18 Å². The largest absolute Gasteiger partial charge is 0.389 e. The molecule has 1 unspecified atom stereocenters. The van der Waals surface area contributed by atoms with Crippen molar-refractivity contribution in [1.82, 2.24) is 30.2 Å². The third kappa shape index (κ3) is 8.23. The lowest BCUT2D eigenvalue weighted by Crippen LogP contribution is -2.37. The van der Waals surface area contributed by atoms with Gasteiger partial charge in [0.25, 0.3) is 5.91 Å². The molecule has 0 aliphatic heterocycles. The highest BCUT2D eigenvalue weighted by Gasteiger charge is 2.40. The number of nitrogens with one attached hydrogen (secondary N) is 2. The molecule has 3 aromatic rings. The number of pyridine rings is 1. The molecule has 3 heterocycles. The van der Waals surface area contributed by atoms with Gasteiger partial charge in [-0.2, -0.15) is 18.3 Å². The molecular weight excluding hydrogens is 597 g/mol. The summed E-state index contributed by atoms with van der Waals surface area (Å²) in [5, 5.41) is 9.89. The van der Waals surface area contributed by atoms with Gasteiger partial charge in [-0.05, 0) is 60.8 Å². The summed E-state index contributed by atoms with van der Waals surface area (Å²) < 4.78 is 93.0. The number of amides is 2. The lowest BCUT2D eigenvalue weighted by atomic mass is 9.81. The van der Waals surface area contributed by atoms with Crippen molar-refractivity contribution in [2.75, 3.05) is 0 Å². The van der Waals surface area contributed by atoms with Crippen LogP contribution in [-0.2, 0) is 11.2 Å². The topological polar surface area (TPSA) is 101 Å². The minimum absolute atomic E-state index is 0.0343. The molecule has 2 aliphatic carbocycles. The summed E-state index contributed by atoms with van der Waals surface area (Å²) in [6.07, 6.45) is -3.07. The minimum atomic E-state index is -4.45. The van der Waals surface area contributed by atoms with Crippen LogP contribution >= 0.6 is 0 Å². The van der Waals surface area contributed by atoms with Gasteiger partial charge in [0.2, 0.25) is 18.3 Å². The molecule has 3 aromatic heterocycles. The summed E-state index contributed by atoms with van der Waals surface area (Å²) in [5.41, 5.74) is 1.42. The number of rotatable bonds is 11. The number of hydrogen-bond donors (Lipinski definition) is 2. The van der Waals surface area contributed by atoms with Gasteiger partial charge in [-0.25, -0.2) is 27.1 Å². The molecule has 2 saturated carbocycles. The van der Waals surface area contributed by atoms with Gasteiger partial charge < -0.3 is 10.6 Å². The van der Waals surface area contributed by atoms with E-state index >= 15 is 0 Å². The number of carbonyl (C=O) groups excluding carboxylic acids is 2. The van der Waals surface area contributed by atoms with Crippen molar-refractivity contribution < 1.29 is 40.3 Å². The zero-order valence-corrected chi connectivity index (χ0v) is 23.5. The summed E-state index contributed by atoms with van der Waals surface area (Å²) in [7, 11) is 0. The monoisotopic (exact) mass is 628 g/mol. The van der Waals surface area contributed by atoms with Gasteiger partial charge in [0, 0.05) is 38.1 Å². The van der Waals surface area contributed by atoms with Crippen molar-refractivity contribution in [2.45, 2.75) is 88.4 Å². The zero-order valence-electron chi connectivity index (χ0n) is 23.5. The number of alkyl halides is 7. The SMILES string of the molecule is O=C(CCC(F)(F)F)NC(c1cnn2cc([C@@H](NC(=O)c3cncc(CC(F)F)c3)C3CCC(F)(F)CC3)nc2c1)C1CC1.